The molecule has 0 aromatic heterocycles. The predicted octanol–water partition coefficient (Wildman–Crippen LogP) is 2.66. The van der Waals surface area contributed by atoms with Gasteiger partial charge in [-0.2, -0.15) is 0 Å². The molecule has 0 radical (unpaired) electrons. The SMILES string of the molecule is NC1(C(=O)C=Cc2ccc3c(c2)OCO3)CCCCC1. The minimum Gasteiger partial charge on any atom is -0.454 e. The van der Waals surface area contributed by atoms with E-state index in [9.17, 15) is 4.79 Å². The second kappa shape index (κ2) is 5.29. The van der Waals surface area contributed by atoms with Crippen LogP contribution in [-0.4, -0.2) is 18.1 Å². The second-order valence-corrected chi connectivity index (χ2v) is 5.53. The molecule has 106 valence electrons. The normalized spacial score (nSPS) is 20.2. The van der Waals surface area contributed by atoms with Crippen molar-refractivity contribution in [3.05, 3.63) is 29.8 Å². The van der Waals surface area contributed by atoms with Gasteiger partial charge >= 0.3 is 0 Å². The van der Waals surface area contributed by atoms with Crippen LogP contribution in [0.3, 0.4) is 0 Å². The monoisotopic (exact) mass is 273 g/mol. The third-order valence-electron chi connectivity index (χ3n) is 4.06. The molecule has 1 saturated carbocycles. The number of benzene rings is 1. The molecule has 1 aromatic carbocycles. The highest BCUT2D eigenvalue weighted by molar-refractivity contribution is 6.00. The van der Waals surface area contributed by atoms with Crippen molar-refractivity contribution < 1.29 is 14.3 Å². The van der Waals surface area contributed by atoms with E-state index in [0.29, 0.717) is 0 Å². The molecule has 0 amide bonds. The van der Waals surface area contributed by atoms with E-state index in [1.807, 2.05) is 18.2 Å². The average Bonchev–Trinajstić information content (AvgIpc) is 2.93. The summed E-state index contributed by atoms with van der Waals surface area (Å²) in [6.07, 6.45) is 8.24. The van der Waals surface area contributed by atoms with E-state index in [-0.39, 0.29) is 12.6 Å². The quantitative estimate of drug-likeness (QED) is 0.860. The Balaban J connectivity index is 1.72. The zero-order valence-electron chi connectivity index (χ0n) is 11.4. The fraction of sp³-hybridized carbons (Fsp3) is 0.438. The number of fused-ring (bicyclic) bond motifs is 1. The van der Waals surface area contributed by atoms with Crippen molar-refractivity contribution in [2.24, 2.45) is 5.73 Å². The minimum absolute atomic E-state index is 0.0230. The Morgan fingerprint density at radius 1 is 1.15 bits per heavy atom. The summed E-state index contributed by atoms with van der Waals surface area (Å²) in [4.78, 5) is 12.3. The highest BCUT2D eigenvalue weighted by atomic mass is 16.7. The predicted molar refractivity (Wildman–Crippen MR) is 76.6 cm³/mol. The molecule has 0 atom stereocenters. The first-order valence-electron chi connectivity index (χ1n) is 7.08. The molecule has 0 unspecified atom stereocenters. The van der Waals surface area contributed by atoms with Crippen LogP contribution in [0.15, 0.2) is 24.3 Å². The molecule has 3 rings (SSSR count). The number of hydrogen-bond donors (Lipinski definition) is 1. The Morgan fingerprint density at radius 2 is 1.90 bits per heavy atom. The molecular weight excluding hydrogens is 254 g/mol. The first-order valence-corrected chi connectivity index (χ1v) is 7.08. The molecule has 0 bridgehead atoms. The van der Waals surface area contributed by atoms with E-state index >= 15 is 0 Å². The van der Waals surface area contributed by atoms with Crippen molar-refractivity contribution in [2.75, 3.05) is 6.79 Å². The molecule has 2 N–H and O–H groups in total. The molecule has 0 saturated heterocycles. The molecule has 1 aliphatic carbocycles. The smallest absolute Gasteiger partial charge is 0.231 e. The minimum atomic E-state index is -0.662. The Labute approximate surface area is 118 Å². The Bertz CT molecular complexity index is 545. The number of carbonyl (C=O) groups is 1. The lowest BCUT2D eigenvalue weighted by Crippen LogP contribution is -2.48. The number of ether oxygens (including phenoxy) is 2. The topological polar surface area (TPSA) is 61.6 Å². The lowest BCUT2D eigenvalue weighted by Gasteiger charge is -2.30. The van der Waals surface area contributed by atoms with Crippen LogP contribution in [0, 0.1) is 0 Å². The molecule has 4 nitrogen and oxygen atoms in total. The van der Waals surface area contributed by atoms with Crippen molar-refractivity contribution in [3.63, 3.8) is 0 Å². The van der Waals surface area contributed by atoms with Gasteiger partial charge in [0.15, 0.2) is 17.3 Å². The van der Waals surface area contributed by atoms with E-state index < -0.39 is 5.54 Å². The average molecular weight is 273 g/mol. The van der Waals surface area contributed by atoms with Crippen LogP contribution in [0.25, 0.3) is 6.08 Å². The lowest BCUT2D eigenvalue weighted by molar-refractivity contribution is -0.120. The highest BCUT2D eigenvalue weighted by Gasteiger charge is 2.33. The number of rotatable bonds is 3. The van der Waals surface area contributed by atoms with Crippen LogP contribution >= 0.6 is 0 Å². The van der Waals surface area contributed by atoms with Crippen LogP contribution in [0.5, 0.6) is 11.5 Å². The van der Waals surface area contributed by atoms with Crippen molar-refractivity contribution in [2.45, 2.75) is 37.6 Å². The molecule has 0 spiro atoms. The van der Waals surface area contributed by atoms with Gasteiger partial charge in [0.1, 0.15) is 0 Å². The second-order valence-electron chi connectivity index (χ2n) is 5.53. The van der Waals surface area contributed by atoms with Gasteiger partial charge in [0.05, 0.1) is 5.54 Å². The third-order valence-corrected chi connectivity index (χ3v) is 4.06. The van der Waals surface area contributed by atoms with Crippen molar-refractivity contribution >= 4 is 11.9 Å². The summed E-state index contributed by atoms with van der Waals surface area (Å²) in [5.74, 6) is 1.49. The maximum atomic E-state index is 12.3. The van der Waals surface area contributed by atoms with Gasteiger partial charge in [0.25, 0.3) is 0 Å². The molecule has 20 heavy (non-hydrogen) atoms. The zero-order chi connectivity index (χ0) is 14.0. The maximum Gasteiger partial charge on any atom is 0.231 e. The van der Waals surface area contributed by atoms with Crippen LogP contribution in [0.1, 0.15) is 37.7 Å². The molecule has 4 heteroatoms. The Morgan fingerprint density at radius 3 is 2.70 bits per heavy atom. The summed E-state index contributed by atoms with van der Waals surface area (Å²) < 4.78 is 10.6. The standard InChI is InChI=1S/C16H19NO3/c17-16(8-2-1-3-9-16)15(18)7-5-12-4-6-13-14(10-12)20-11-19-13/h4-7,10H,1-3,8-9,11,17H2. The van der Waals surface area contributed by atoms with E-state index in [0.717, 1.165) is 42.7 Å². The largest absolute Gasteiger partial charge is 0.454 e. The number of hydrogen-bond acceptors (Lipinski definition) is 4. The van der Waals surface area contributed by atoms with Gasteiger partial charge in [-0.15, -0.1) is 0 Å². The highest BCUT2D eigenvalue weighted by Crippen LogP contribution is 2.33. The third kappa shape index (κ3) is 2.56. The van der Waals surface area contributed by atoms with E-state index in [2.05, 4.69) is 0 Å². The van der Waals surface area contributed by atoms with Crippen LogP contribution in [-0.2, 0) is 4.79 Å². The summed E-state index contributed by atoms with van der Waals surface area (Å²) in [6.45, 7) is 0.257. The maximum absolute atomic E-state index is 12.3. The van der Waals surface area contributed by atoms with Gasteiger partial charge in [0.2, 0.25) is 6.79 Å². The number of carbonyl (C=O) groups excluding carboxylic acids is 1. The molecule has 1 fully saturated rings. The number of nitrogens with two attached hydrogens (primary N) is 1. The molecule has 1 heterocycles. The summed E-state index contributed by atoms with van der Waals surface area (Å²) in [5, 5.41) is 0. The first-order chi connectivity index (χ1) is 9.67. The summed E-state index contributed by atoms with van der Waals surface area (Å²) in [6, 6.07) is 5.63. The van der Waals surface area contributed by atoms with E-state index in [1.54, 1.807) is 12.2 Å². The lowest BCUT2D eigenvalue weighted by atomic mass is 9.79. The van der Waals surface area contributed by atoms with E-state index in [1.165, 1.54) is 6.42 Å². The van der Waals surface area contributed by atoms with Gasteiger partial charge in [-0.3, -0.25) is 4.79 Å². The molecule has 1 aromatic rings. The van der Waals surface area contributed by atoms with Gasteiger partial charge in [-0.05, 0) is 36.6 Å². The fourth-order valence-electron chi connectivity index (χ4n) is 2.78. The molecule has 1 aliphatic heterocycles. The fourth-order valence-corrected chi connectivity index (χ4v) is 2.78. The summed E-state index contributed by atoms with van der Waals surface area (Å²) >= 11 is 0. The Kier molecular flexibility index (Phi) is 3.49. The van der Waals surface area contributed by atoms with Gasteiger partial charge in [-0.1, -0.05) is 31.4 Å². The summed E-state index contributed by atoms with van der Waals surface area (Å²) in [7, 11) is 0. The van der Waals surface area contributed by atoms with Crippen molar-refractivity contribution in [3.8, 4) is 11.5 Å². The zero-order valence-corrected chi connectivity index (χ0v) is 11.4. The van der Waals surface area contributed by atoms with Crippen LogP contribution in [0.4, 0.5) is 0 Å². The molecular formula is C16H19NO3. The summed E-state index contributed by atoms with van der Waals surface area (Å²) in [5.41, 5.74) is 6.47. The first kappa shape index (κ1) is 13.2. The van der Waals surface area contributed by atoms with Crippen LogP contribution in [0.2, 0.25) is 0 Å². The molecule has 2 aliphatic rings. The van der Waals surface area contributed by atoms with Gasteiger partial charge < -0.3 is 15.2 Å². The van der Waals surface area contributed by atoms with Gasteiger partial charge in [-0.25, -0.2) is 0 Å². The number of ketones is 1. The van der Waals surface area contributed by atoms with E-state index in [4.69, 9.17) is 15.2 Å². The van der Waals surface area contributed by atoms with Gasteiger partial charge in [0, 0.05) is 0 Å². The van der Waals surface area contributed by atoms with Crippen molar-refractivity contribution in [1.29, 1.82) is 0 Å². The van der Waals surface area contributed by atoms with Crippen LogP contribution < -0.4 is 15.2 Å². The van der Waals surface area contributed by atoms with Crippen molar-refractivity contribution in [1.82, 2.24) is 0 Å². The Hall–Kier alpha value is -1.81.